The molecule has 1 aromatic heterocycles. The molecule has 2 rings (SSSR count). The second-order valence-electron chi connectivity index (χ2n) is 4.85. The molecule has 0 bridgehead atoms. The molecule has 1 aromatic carbocycles. The number of aliphatic hydroxyl groups is 1. The molecule has 1 unspecified atom stereocenters. The van der Waals surface area contributed by atoms with Crippen molar-refractivity contribution >= 4 is 11.3 Å². The van der Waals surface area contributed by atoms with Crippen molar-refractivity contribution in [3.05, 3.63) is 57.3 Å². The zero-order valence-corrected chi connectivity index (χ0v) is 11.3. The summed E-state index contributed by atoms with van der Waals surface area (Å²) in [5.74, 6) is 0. The van der Waals surface area contributed by atoms with Crippen molar-refractivity contribution in [2.24, 2.45) is 0 Å². The van der Waals surface area contributed by atoms with Gasteiger partial charge in [0.15, 0.2) is 0 Å². The van der Waals surface area contributed by atoms with Crippen LogP contribution in [0.2, 0.25) is 0 Å². The Morgan fingerprint density at radius 1 is 1.18 bits per heavy atom. The summed E-state index contributed by atoms with van der Waals surface area (Å²) >= 11 is 1.61. The molecule has 0 aliphatic heterocycles. The number of thiophene rings is 1. The fraction of sp³-hybridized carbons (Fsp3) is 0.333. The molecule has 0 saturated heterocycles. The average molecular weight is 246 g/mol. The highest BCUT2D eigenvalue weighted by molar-refractivity contribution is 7.10. The lowest BCUT2D eigenvalue weighted by atomic mass is 9.93. The molecule has 1 atom stereocenters. The van der Waals surface area contributed by atoms with E-state index in [1.807, 2.05) is 24.4 Å². The van der Waals surface area contributed by atoms with Crippen molar-refractivity contribution in [1.29, 1.82) is 0 Å². The summed E-state index contributed by atoms with van der Waals surface area (Å²) in [7, 11) is 0. The van der Waals surface area contributed by atoms with E-state index in [0.717, 1.165) is 4.88 Å². The van der Waals surface area contributed by atoms with Gasteiger partial charge in [0.1, 0.15) is 0 Å². The van der Waals surface area contributed by atoms with Gasteiger partial charge in [-0.15, -0.1) is 11.3 Å². The second kappa shape index (κ2) is 4.63. The third-order valence-corrected chi connectivity index (χ3v) is 4.29. The van der Waals surface area contributed by atoms with E-state index in [9.17, 15) is 5.11 Å². The van der Waals surface area contributed by atoms with Gasteiger partial charge in [0, 0.05) is 11.3 Å². The predicted octanol–water partition coefficient (Wildman–Crippen LogP) is 3.82. The molecule has 1 N–H and O–H groups in total. The van der Waals surface area contributed by atoms with Crippen LogP contribution in [0.5, 0.6) is 0 Å². The highest BCUT2D eigenvalue weighted by atomic mass is 32.1. The van der Waals surface area contributed by atoms with Gasteiger partial charge in [0.05, 0.1) is 5.60 Å². The number of rotatable bonds is 3. The molecule has 0 amide bonds. The van der Waals surface area contributed by atoms with Crippen LogP contribution in [0.25, 0.3) is 0 Å². The van der Waals surface area contributed by atoms with Crippen molar-refractivity contribution < 1.29 is 5.11 Å². The van der Waals surface area contributed by atoms with E-state index >= 15 is 0 Å². The summed E-state index contributed by atoms with van der Waals surface area (Å²) in [5, 5.41) is 12.5. The van der Waals surface area contributed by atoms with Crippen molar-refractivity contribution in [2.45, 2.75) is 32.8 Å². The predicted molar refractivity (Wildman–Crippen MR) is 73.5 cm³/mol. The summed E-state index contributed by atoms with van der Waals surface area (Å²) in [6.07, 6.45) is 0.661. The zero-order chi connectivity index (χ0) is 12.5. The standard InChI is InChI=1S/C15H18OS/c1-11-6-7-13(9-12(11)2)10-15(3,16)14-5-4-8-17-14/h4-9,16H,10H2,1-3H3. The van der Waals surface area contributed by atoms with Gasteiger partial charge in [-0.2, -0.15) is 0 Å². The molecule has 0 aliphatic rings. The summed E-state index contributed by atoms with van der Waals surface area (Å²) in [6.45, 7) is 6.10. The Morgan fingerprint density at radius 3 is 2.53 bits per heavy atom. The monoisotopic (exact) mass is 246 g/mol. The molecule has 0 aliphatic carbocycles. The first kappa shape index (κ1) is 12.3. The quantitative estimate of drug-likeness (QED) is 0.873. The highest BCUT2D eigenvalue weighted by Crippen LogP contribution is 2.29. The molecule has 1 nitrogen and oxygen atoms in total. The van der Waals surface area contributed by atoms with E-state index in [-0.39, 0.29) is 0 Å². The molecular weight excluding hydrogens is 228 g/mol. The lowest BCUT2D eigenvalue weighted by molar-refractivity contribution is 0.0615. The molecule has 0 saturated carbocycles. The molecule has 90 valence electrons. The van der Waals surface area contributed by atoms with Crippen LogP contribution in [-0.2, 0) is 12.0 Å². The lowest BCUT2D eigenvalue weighted by Crippen LogP contribution is -2.22. The van der Waals surface area contributed by atoms with Gasteiger partial charge >= 0.3 is 0 Å². The van der Waals surface area contributed by atoms with Gasteiger partial charge in [-0.25, -0.2) is 0 Å². The fourth-order valence-electron chi connectivity index (χ4n) is 1.98. The maximum atomic E-state index is 10.5. The van der Waals surface area contributed by atoms with Crippen LogP contribution >= 0.6 is 11.3 Å². The Labute approximate surface area is 107 Å². The Morgan fingerprint density at radius 2 is 1.94 bits per heavy atom. The third-order valence-electron chi connectivity index (χ3n) is 3.17. The maximum Gasteiger partial charge on any atom is 0.0999 e. The van der Waals surface area contributed by atoms with Gasteiger partial charge in [-0.05, 0) is 48.9 Å². The molecule has 2 heteroatoms. The molecular formula is C15H18OS. The smallest absolute Gasteiger partial charge is 0.0999 e. The Hall–Kier alpha value is -1.12. The van der Waals surface area contributed by atoms with Gasteiger partial charge in [-0.1, -0.05) is 24.3 Å². The van der Waals surface area contributed by atoms with Crippen LogP contribution in [0.15, 0.2) is 35.7 Å². The van der Waals surface area contributed by atoms with Crippen LogP contribution in [0.4, 0.5) is 0 Å². The van der Waals surface area contributed by atoms with Gasteiger partial charge < -0.3 is 5.11 Å². The van der Waals surface area contributed by atoms with Gasteiger partial charge in [-0.3, -0.25) is 0 Å². The summed E-state index contributed by atoms with van der Waals surface area (Å²) in [6, 6.07) is 10.4. The first-order valence-corrected chi connectivity index (χ1v) is 6.69. The van der Waals surface area contributed by atoms with Crippen LogP contribution in [0.1, 0.15) is 28.5 Å². The number of aryl methyl sites for hydroxylation is 2. The topological polar surface area (TPSA) is 20.2 Å². The largest absolute Gasteiger partial charge is 0.384 e. The van der Waals surface area contributed by atoms with Crippen molar-refractivity contribution in [2.75, 3.05) is 0 Å². The first-order chi connectivity index (χ1) is 7.99. The third kappa shape index (κ3) is 2.76. The zero-order valence-electron chi connectivity index (χ0n) is 10.5. The molecule has 0 fully saturated rings. The fourth-order valence-corrected chi connectivity index (χ4v) is 2.77. The molecule has 0 radical (unpaired) electrons. The summed E-state index contributed by atoms with van der Waals surface area (Å²) in [4.78, 5) is 1.02. The maximum absolute atomic E-state index is 10.5. The van der Waals surface area contributed by atoms with Crippen LogP contribution in [0.3, 0.4) is 0 Å². The summed E-state index contributed by atoms with van der Waals surface area (Å²) in [5.41, 5.74) is 3.00. The molecule has 1 heterocycles. The average Bonchev–Trinajstić information content (AvgIpc) is 2.77. The van der Waals surface area contributed by atoms with Crippen molar-refractivity contribution in [3.63, 3.8) is 0 Å². The Balaban J connectivity index is 2.23. The van der Waals surface area contributed by atoms with E-state index in [1.54, 1.807) is 11.3 Å². The highest BCUT2D eigenvalue weighted by Gasteiger charge is 2.24. The van der Waals surface area contributed by atoms with Gasteiger partial charge in [0.25, 0.3) is 0 Å². The summed E-state index contributed by atoms with van der Waals surface area (Å²) < 4.78 is 0. The SMILES string of the molecule is Cc1ccc(CC(C)(O)c2cccs2)cc1C. The minimum atomic E-state index is -0.768. The van der Waals surface area contributed by atoms with Crippen molar-refractivity contribution in [1.82, 2.24) is 0 Å². The second-order valence-corrected chi connectivity index (χ2v) is 5.79. The Kier molecular flexibility index (Phi) is 3.36. The first-order valence-electron chi connectivity index (χ1n) is 5.81. The normalized spacial score (nSPS) is 14.6. The van der Waals surface area contributed by atoms with E-state index in [4.69, 9.17) is 0 Å². The van der Waals surface area contributed by atoms with Crippen molar-refractivity contribution in [3.8, 4) is 0 Å². The van der Waals surface area contributed by atoms with Crippen LogP contribution < -0.4 is 0 Å². The van der Waals surface area contributed by atoms with Crippen LogP contribution in [0, 0.1) is 13.8 Å². The van der Waals surface area contributed by atoms with E-state index in [2.05, 4.69) is 32.0 Å². The molecule has 17 heavy (non-hydrogen) atoms. The minimum absolute atomic E-state index is 0.661. The van der Waals surface area contributed by atoms with Crippen LogP contribution in [-0.4, -0.2) is 5.11 Å². The lowest BCUT2D eigenvalue weighted by Gasteiger charge is -2.22. The number of benzene rings is 1. The molecule has 0 spiro atoms. The van der Waals surface area contributed by atoms with E-state index in [1.165, 1.54) is 16.7 Å². The van der Waals surface area contributed by atoms with E-state index in [0.29, 0.717) is 6.42 Å². The minimum Gasteiger partial charge on any atom is -0.384 e. The number of hydrogen-bond acceptors (Lipinski definition) is 2. The number of hydrogen-bond donors (Lipinski definition) is 1. The van der Waals surface area contributed by atoms with E-state index < -0.39 is 5.60 Å². The van der Waals surface area contributed by atoms with Gasteiger partial charge in [0.2, 0.25) is 0 Å². The molecule has 2 aromatic rings. The Bertz CT molecular complexity index is 498.